The molecule has 0 fully saturated rings. The van der Waals surface area contributed by atoms with Crippen molar-refractivity contribution in [3.8, 4) is 6.07 Å². The Labute approximate surface area is 154 Å². The number of hydrogen-bond donors (Lipinski definition) is 1. The van der Waals surface area contributed by atoms with Gasteiger partial charge in [0.05, 0.1) is 11.3 Å². The van der Waals surface area contributed by atoms with Gasteiger partial charge in [-0.25, -0.2) is 0 Å². The summed E-state index contributed by atoms with van der Waals surface area (Å²) in [7, 11) is 1.33. The molecule has 27 heavy (non-hydrogen) atoms. The van der Waals surface area contributed by atoms with Crippen LogP contribution in [0.3, 0.4) is 0 Å². The first-order chi connectivity index (χ1) is 12.9. The van der Waals surface area contributed by atoms with Gasteiger partial charge in [-0.2, -0.15) is 18.4 Å². The quantitative estimate of drug-likeness (QED) is 0.580. The molecule has 0 amide bonds. The van der Waals surface area contributed by atoms with E-state index in [0.717, 1.165) is 12.1 Å². The van der Waals surface area contributed by atoms with E-state index in [2.05, 4.69) is 22.1 Å². The molecule has 0 aliphatic rings. The Morgan fingerprint density at radius 2 is 1.96 bits per heavy atom. The van der Waals surface area contributed by atoms with E-state index >= 15 is 0 Å². The van der Waals surface area contributed by atoms with Crippen molar-refractivity contribution in [2.24, 2.45) is 5.16 Å². The maximum Gasteiger partial charge on any atom is 0.416 e. The zero-order valence-electron chi connectivity index (χ0n) is 14.4. The molecule has 0 aliphatic carbocycles. The van der Waals surface area contributed by atoms with E-state index in [-0.39, 0.29) is 23.6 Å². The molecule has 0 saturated carbocycles. The molecule has 0 bridgehead atoms. The Morgan fingerprint density at radius 1 is 1.22 bits per heavy atom. The minimum Gasteiger partial charge on any atom is -0.398 e. The second kappa shape index (κ2) is 8.87. The fourth-order valence-corrected chi connectivity index (χ4v) is 2.24. The van der Waals surface area contributed by atoms with Gasteiger partial charge >= 0.3 is 6.18 Å². The van der Waals surface area contributed by atoms with Gasteiger partial charge in [0.1, 0.15) is 19.8 Å². The Hall–Kier alpha value is -3.31. The molecule has 1 N–H and O–H groups in total. The van der Waals surface area contributed by atoms with Crippen molar-refractivity contribution >= 4 is 11.4 Å². The van der Waals surface area contributed by atoms with Gasteiger partial charge in [0.15, 0.2) is 5.71 Å². The lowest BCUT2D eigenvalue weighted by molar-refractivity contribution is -0.137. The van der Waals surface area contributed by atoms with E-state index in [9.17, 15) is 13.2 Å². The summed E-state index contributed by atoms with van der Waals surface area (Å²) in [5.41, 5.74) is 3.41. The largest absolute Gasteiger partial charge is 0.416 e. The van der Waals surface area contributed by atoms with Crippen LogP contribution in [-0.2, 0) is 22.5 Å². The Kier molecular flexibility index (Phi) is 6.57. The van der Waals surface area contributed by atoms with Crippen molar-refractivity contribution in [2.75, 3.05) is 7.11 Å². The first kappa shape index (κ1) is 20.0. The third-order valence-electron chi connectivity index (χ3n) is 3.52. The first-order valence-corrected chi connectivity index (χ1v) is 7.70. The van der Waals surface area contributed by atoms with Gasteiger partial charge in [0.2, 0.25) is 0 Å². The average molecular weight is 375 g/mol. The zero-order valence-corrected chi connectivity index (χ0v) is 14.4. The van der Waals surface area contributed by atoms with Crippen LogP contribution in [-0.4, -0.2) is 12.8 Å². The molecular formula is C19H16F3N3O2. The molecule has 2 rings (SSSR count). The summed E-state index contributed by atoms with van der Waals surface area (Å²) in [5, 5.41) is 12.8. The van der Waals surface area contributed by atoms with Crippen LogP contribution in [0.5, 0.6) is 0 Å². The second-order valence-electron chi connectivity index (χ2n) is 5.34. The van der Waals surface area contributed by atoms with Gasteiger partial charge in [0.25, 0.3) is 0 Å². The van der Waals surface area contributed by atoms with Crippen molar-refractivity contribution in [2.45, 2.75) is 12.8 Å². The van der Waals surface area contributed by atoms with E-state index in [1.165, 1.54) is 19.2 Å². The van der Waals surface area contributed by atoms with Crippen molar-refractivity contribution in [3.63, 3.8) is 0 Å². The summed E-state index contributed by atoms with van der Waals surface area (Å²) in [5.74, 6) is 0. The Bertz CT molecular complexity index is 886. The van der Waals surface area contributed by atoms with Crippen molar-refractivity contribution < 1.29 is 22.8 Å². The third-order valence-corrected chi connectivity index (χ3v) is 3.52. The summed E-state index contributed by atoms with van der Waals surface area (Å²) in [6.45, 7) is 3.71. The number of rotatable bonds is 7. The van der Waals surface area contributed by atoms with Crippen molar-refractivity contribution in [1.82, 2.24) is 5.48 Å². The first-order valence-electron chi connectivity index (χ1n) is 7.70. The monoisotopic (exact) mass is 375 g/mol. The maximum atomic E-state index is 12.8. The highest BCUT2D eigenvalue weighted by molar-refractivity contribution is 6.12. The van der Waals surface area contributed by atoms with Gasteiger partial charge < -0.3 is 4.84 Å². The smallest absolute Gasteiger partial charge is 0.398 e. The molecule has 2 aromatic rings. The minimum atomic E-state index is -4.44. The highest BCUT2D eigenvalue weighted by atomic mass is 19.4. The Balaban J connectivity index is 2.07. The number of nitrogens with one attached hydrogen (secondary N) is 1. The highest BCUT2D eigenvalue weighted by Gasteiger charge is 2.30. The molecule has 0 aliphatic heterocycles. The highest BCUT2D eigenvalue weighted by Crippen LogP contribution is 2.30. The molecule has 8 heteroatoms. The number of halogens is 3. The van der Waals surface area contributed by atoms with Crippen LogP contribution >= 0.6 is 0 Å². The molecule has 140 valence electrons. The third kappa shape index (κ3) is 5.33. The SMILES string of the molecule is C=C(NOCc1ccccc1C(C#N)=NOC)c1cccc(C(F)(F)F)c1. The lowest BCUT2D eigenvalue weighted by atomic mass is 10.0. The average Bonchev–Trinajstić information content (AvgIpc) is 2.66. The number of benzene rings is 2. The maximum absolute atomic E-state index is 12.8. The topological polar surface area (TPSA) is 66.6 Å². The van der Waals surface area contributed by atoms with Gasteiger partial charge in [-0.3, -0.25) is 10.3 Å². The van der Waals surface area contributed by atoms with Crippen LogP contribution in [0.15, 0.2) is 60.3 Å². The Morgan fingerprint density at radius 3 is 2.63 bits per heavy atom. The van der Waals surface area contributed by atoms with Crippen LogP contribution in [0, 0.1) is 11.3 Å². The number of hydrogen-bond acceptors (Lipinski definition) is 5. The van der Waals surface area contributed by atoms with E-state index in [0.29, 0.717) is 11.1 Å². The normalized spacial score (nSPS) is 11.6. The van der Waals surface area contributed by atoms with E-state index in [4.69, 9.17) is 10.1 Å². The molecule has 5 nitrogen and oxygen atoms in total. The number of nitrogens with zero attached hydrogens (tertiary/aromatic N) is 2. The molecule has 0 saturated heterocycles. The van der Waals surface area contributed by atoms with Crippen LogP contribution in [0.1, 0.15) is 22.3 Å². The van der Waals surface area contributed by atoms with Crippen LogP contribution in [0.2, 0.25) is 0 Å². The summed E-state index contributed by atoms with van der Waals surface area (Å²) in [4.78, 5) is 9.99. The van der Waals surface area contributed by atoms with Gasteiger partial charge in [0, 0.05) is 5.56 Å². The lowest BCUT2D eigenvalue weighted by Gasteiger charge is -2.13. The van der Waals surface area contributed by atoms with E-state index < -0.39 is 11.7 Å². The van der Waals surface area contributed by atoms with Crippen LogP contribution in [0.4, 0.5) is 13.2 Å². The summed E-state index contributed by atoms with van der Waals surface area (Å²) in [6.07, 6.45) is -4.44. The molecule has 0 unspecified atom stereocenters. The van der Waals surface area contributed by atoms with Gasteiger partial charge in [-0.1, -0.05) is 48.1 Å². The molecule has 0 radical (unpaired) electrons. The van der Waals surface area contributed by atoms with E-state index in [1.807, 2.05) is 6.07 Å². The molecule has 0 aromatic heterocycles. The number of alkyl halides is 3. The zero-order chi connectivity index (χ0) is 19.9. The standard InChI is InChI=1S/C19H16F3N3O2/c1-13(14-7-5-8-16(10-14)19(20,21)22)24-27-12-15-6-3-4-9-17(15)18(11-23)25-26-2/h3-10,24H,1,12H2,2H3. The van der Waals surface area contributed by atoms with Gasteiger partial charge in [-0.15, -0.1) is 0 Å². The van der Waals surface area contributed by atoms with Crippen molar-refractivity contribution in [3.05, 3.63) is 77.4 Å². The predicted octanol–water partition coefficient (Wildman–Crippen LogP) is 4.27. The van der Waals surface area contributed by atoms with Crippen LogP contribution in [0.25, 0.3) is 5.70 Å². The predicted molar refractivity (Wildman–Crippen MR) is 94.0 cm³/mol. The fraction of sp³-hybridized carbons (Fsp3) is 0.158. The van der Waals surface area contributed by atoms with Gasteiger partial charge in [-0.05, 0) is 23.3 Å². The summed E-state index contributed by atoms with van der Waals surface area (Å²) < 4.78 is 38.4. The molecule has 2 aromatic carbocycles. The molecule has 0 heterocycles. The second-order valence-corrected chi connectivity index (χ2v) is 5.34. The molecular weight excluding hydrogens is 359 g/mol. The summed E-state index contributed by atoms with van der Waals surface area (Å²) in [6, 6.07) is 13.6. The fourth-order valence-electron chi connectivity index (χ4n) is 2.24. The van der Waals surface area contributed by atoms with E-state index in [1.54, 1.807) is 24.3 Å². The summed E-state index contributed by atoms with van der Waals surface area (Å²) >= 11 is 0. The number of oxime groups is 1. The minimum absolute atomic E-state index is 0.0264. The number of nitriles is 1. The number of hydroxylamine groups is 1. The van der Waals surface area contributed by atoms with Crippen LogP contribution < -0.4 is 5.48 Å². The van der Waals surface area contributed by atoms with Crippen molar-refractivity contribution in [1.29, 1.82) is 5.26 Å². The molecule has 0 spiro atoms. The lowest BCUT2D eigenvalue weighted by Crippen LogP contribution is -2.14. The molecule has 0 atom stereocenters.